The zero-order chi connectivity index (χ0) is 18.8. The van der Waals surface area contributed by atoms with E-state index in [1.54, 1.807) is 19.3 Å². The lowest BCUT2D eigenvalue weighted by Crippen LogP contribution is -2.40. The van der Waals surface area contributed by atoms with Crippen LogP contribution in [0.2, 0.25) is 0 Å². The number of benzene rings is 1. The Morgan fingerprint density at radius 1 is 1.22 bits per heavy atom. The number of nitrogens with one attached hydrogen (secondary N) is 1. The van der Waals surface area contributed by atoms with E-state index < -0.39 is 0 Å². The van der Waals surface area contributed by atoms with Crippen LogP contribution in [0.5, 0.6) is 11.5 Å². The van der Waals surface area contributed by atoms with Gasteiger partial charge in [0.2, 0.25) is 12.7 Å². The fraction of sp³-hybridized carbons (Fsp3) is 0.421. The molecule has 27 heavy (non-hydrogen) atoms. The maximum Gasteiger partial charge on any atom is 0.268 e. The Bertz CT molecular complexity index is 903. The first-order chi connectivity index (χ1) is 13.1. The van der Waals surface area contributed by atoms with E-state index in [0.29, 0.717) is 6.54 Å². The molecule has 1 amide bonds. The molecule has 1 aromatic carbocycles. The number of anilines is 1. The Kier molecular flexibility index (Phi) is 4.70. The molecule has 142 valence electrons. The van der Waals surface area contributed by atoms with Crippen LogP contribution in [-0.4, -0.2) is 35.6 Å². The summed E-state index contributed by atoms with van der Waals surface area (Å²) in [6, 6.07) is 7.28. The maximum absolute atomic E-state index is 12.5. The summed E-state index contributed by atoms with van der Waals surface area (Å²) < 4.78 is 12.0. The highest BCUT2D eigenvalue weighted by molar-refractivity contribution is 5.79. The molecule has 0 spiro atoms. The van der Waals surface area contributed by atoms with Crippen molar-refractivity contribution in [1.82, 2.24) is 15.1 Å². The normalized spacial score (nSPS) is 16.4. The van der Waals surface area contributed by atoms with Gasteiger partial charge in [0.1, 0.15) is 0 Å². The van der Waals surface area contributed by atoms with Gasteiger partial charge in [-0.2, -0.15) is 5.10 Å². The van der Waals surface area contributed by atoms with Crippen LogP contribution in [-0.2, 0) is 18.4 Å². The molecule has 8 heteroatoms. The lowest BCUT2D eigenvalue weighted by Gasteiger charge is -2.32. The van der Waals surface area contributed by atoms with Gasteiger partial charge in [0.15, 0.2) is 11.5 Å². The summed E-state index contributed by atoms with van der Waals surface area (Å²) >= 11 is 0. The highest BCUT2D eigenvalue weighted by atomic mass is 16.7. The molecule has 4 rings (SSSR count). The first-order valence-corrected chi connectivity index (χ1v) is 9.05. The van der Waals surface area contributed by atoms with Gasteiger partial charge < -0.3 is 19.7 Å². The molecule has 1 N–H and O–H groups in total. The number of carbonyl (C=O) groups is 1. The molecular formula is C19H22N4O4. The van der Waals surface area contributed by atoms with Crippen LogP contribution in [0.15, 0.2) is 35.3 Å². The molecule has 0 bridgehead atoms. The van der Waals surface area contributed by atoms with Crippen molar-refractivity contribution in [2.75, 3.05) is 24.8 Å². The number of hydrogen-bond donors (Lipinski definition) is 1. The van der Waals surface area contributed by atoms with Crippen LogP contribution in [0.3, 0.4) is 0 Å². The third-order valence-electron chi connectivity index (χ3n) is 5.09. The van der Waals surface area contributed by atoms with Gasteiger partial charge in [0.05, 0.1) is 11.9 Å². The van der Waals surface area contributed by atoms with Crippen molar-refractivity contribution in [2.24, 2.45) is 13.0 Å². The highest BCUT2D eigenvalue weighted by Gasteiger charge is 2.25. The number of amides is 1. The van der Waals surface area contributed by atoms with Crippen molar-refractivity contribution in [2.45, 2.75) is 19.4 Å². The van der Waals surface area contributed by atoms with E-state index in [2.05, 4.69) is 15.3 Å². The van der Waals surface area contributed by atoms with E-state index in [0.717, 1.165) is 48.7 Å². The molecule has 0 saturated carbocycles. The number of aromatic nitrogens is 2. The van der Waals surface area contributed by atoms with Crippen molar-refractivity contribution in [3.8, 4) is 11.5 Å². The Balaban J connectivity index is 1.29. The van der Waals surface area contributed by atoms with E-state index in [4.69, 9.17) is 9.47 Å². The molecule has 2 aliphatic rings. The third-order valence-corrected chi connectivity index (χ3v) is 5.09. The maximum atomic E-state index is 12.5. The molecular weight excluding hydrogens is 348 g/mol. The van der Waals surface area contributed by atoms with Gasteiger partial charge >= 0.3 is 0 Å². The fourth-order valence-electron chi connectivity index (χ4n) is 3.42. The number of aryl methyl sites for hydroxylation is 1. The summed E-state index contributed by atoms with van der Waals surface area (Å²) in [5, 5.41) is 7.07. The minimum atomic E-state index is -0.129. The third kappa shape index (κ3) is 3.74. The van der Waals surface area contributed by atoms with Gasteiger partial charge in [-0.05, 0) is 30.5 Å². The topological polar surface area (TPSA) is 85.7 Å². The van der Waals surface area contributed by atoms with Crippen LogP contribution in [0.1, 0.15) is 18.4 Å². The minimum absolute atomic E-state index is 0.0187. The quantitative estimate of drug-likeness (QED) is 0.866. The second kappa shape index (κ2) is 7.30. The lowest BCUT2D eigenvalue weighted by atomic mass is 9.95. The summed E-state index contributed by atoms with van der Waals surface area (Å²) in [6.07, 6.45) is 3.20. The predicted molar refractivity (Wildman–Crippen MR) is 98.8 cm³/mol. The molecule has 1 fully saturated rings. The Morgan fingerprint density at radius 2 is 2.00 bits per heavy atom. The second-order valence-corrected chi connectivity index (χ2v) is 6.84. The number of fused-ring (bicyclic) bond motifs is 1. The summed E-state index contributed by atoms with van der Waals surface area (Å²) in [7, 11) is 1.63. The Hall–Kier alpha value is -3.03. The van der Waals surface area contributed by atoms with E-state index in [9.17, 15) is 9.59 Å². The standard InChI is InChI=1S/C19H22N4O4/c1-22-18(24)9-15(11-21-22)23-6-4-14(5-7-23)19(25)20-10-13-2-3-16-17(8-13)27-12-26-16/h2-3,8-9,11,14H,4-7,10,12H2,1H3,(H,20,25). The van der Waals surface area contributed by atoms with Gasteiger partial charge in [0, 0.05) is 38.7 Å². The number of carbonyl (C=O) groups excluding carboxylic acids is 1. The molecule has 2 aromatic rings. The highest BCUT2D eigenvalue weighted by Crippen LogP contribution is 2.32. The van der Waals surface area contributed by atoms with Crippen molar-refractivity contribution in [3.05, 3.63) is 46.4 Å². The van der Waals surface area contributed by atoms with E-state index >= 15 is 0 Å². The van der Waals surface area contributed by atoms with Crippen molar-refractivity contribution in [1.29, 1.82) is 0 Å². The number of ether oxygens (including phenoxy) is 2. The van der Waals surface area contributed by atoms with Gasteiger partial charge in [-0.3, -0.25) is 9.59 Å². The average Bonchev–Trinajstić information content (AvgIpc) is 3.16. The summed E-state index contributed by atoms with van der Waals surface area (Å²) in [4.78, 5) is 26.3. The van der Waals surface area contributed by atoms with Gasteiger partial charge in [-0.15, -0.1) is 0 Å². The smallest absolute Gasteiger partial charge is 0.268 e. The van der Waals surface area contributed by atoms with E-state index in [1.165, 1.54) is 4.68 Å². The zero-order valence-electron chi connectivity index (χ0n) is 15.2. The number of nitrogens with zero attached hydrogens (tertiary/aromatic N) is 3. The van der Waals surface area contributed by atoms with Gasteiger partial charge in [0.25, 0.3) is 5.56 Å². The SMILES string of the molecule is Cn1ncc(N2CCC(C(=O)NCc3ccc4c(c3)OCO4)CC2)cc1=O. The number of hydrogen-bond acceptors (Lipinski definition) is 6. The first-order valence-electron chi connectivity index (χ1n) is 9.05. The molecule has 8 nitrogen and oxygen atoms in total. The summed E-state index contributed by atoms with van der Waals surface area (Å²) in [6.45, 7) is 2.18. The predicted octanol–water partition coefficient (Wildman–Crippen LogP) is 1.04. The van der Waals surface area contributed by atoms with E-state index in [1.807, 2.05) is 18.2 Å². The van der Waals surface area contributed by atoms with Crippen molar-refractivity contribution >= 4 is 11.6 Å². The van der Waals surface area contributed by atoms with Crippen LogP contribution >= 0.6 is 0 Å². The molecule has 0 atom stereocenters. The van der Waals surface area contributed by atoms with Crippen LogP contribution in [0, 0.1) is 5.92 Å². The molecule has 2 aliphatic heterocycles. The van der Waals surface area contributed by atoms with Crippen molar-refractivity contribution in [3.63, 3.8) is 0 Å². The molecule has 3 heterocycles. The molecule has 1 aromatic heterocycles. The lowest BCUT2D eigenvalue weighted by molar-refractivity contribution is -0.125. The molecule has 0 aliphatic carbocycles. The Labute approximate surface area is 156 Å². The molecule has 0 radical (unpaired) electrons. The Morgan fingerprint density at radius 3 is 2.78 bits per heavy atom. The van der Waals surface area contributed by atoms with Crippen molar-refractivity contribution < 1.29 is 14.3 Å². The van der Waals surface area contributed by atoms with E-state index in [-0.39, 0.29) is 24.2 Å². The van der Waals surface area contributed by atoms with Crippen LogP contribution in [0.4, 0.5) is 5.69 Å². The first kappa shape index (κ1) is 17.4. The average molecular weight is 370 g/mol. The summed E-state index contributed by atoms with van der Waals surface area (Å²) in [5.41, 5.74) is 1.67. The minimum Gasteiger partial charge on any atom is -0.454 e. The van der Waals surface area contributed by atoms with Crippen LogP contribution < -0.4 is 25.2 Å². The monoisotopic (exact) mass is 370 g/mol. The summed E-state index contributed by atoms with van der Waals surface area (Å²) in [5.74, 6) is 1.50. The molecule has 1 saturated heterocycles. The largest absolute Gasteiger partial charge is 0.454 e. The van der Waals surface area contributed by atoms with Gasteiger partial charge in [-0.25, -0.2) is 4.68 Å². The zero-order valence-corrected chi connectivity index (χ0v) is 15.2. The second-order valence-electron chi connectivity index (χ2n) is 6.84. The van der Waals surface area contributed by atoms with Crippen LogP contribution in [0.25, 0.3) is 0 Å². The van der Waals surface area contributed by atoms with Gasteiger partial charge in [-0.1, -0.05) is 6.07 Å². The molecule has 0 unspecified atom stereocenters. The number of piperidine rings is 1. The number of rotatable bonds is 4. The fourth-order valence-corrected chi connectivity index (χ4v) is 3.42.